The van der Waals surface area contributed by atoms with Gasteiger partial charge in [0.15, 0.2) is 6.23 Å². The molecular formula is C19H19N4Na3O13P2. The van der Waals surface area contributed by atoms with Gasteiger partial charge in [-0.2, -0.15) is 4.98 Å². The molecule has 206 valence electrons. The van der Waals surface area contributed by atoms with E-state index < -0.39 is 76.5 Å². The number of ether oxygens (including phenoxy) is 1. The van der Waals surface area contributed by atoms with Crippen molar-refractivity contribution >= 4 is 33.1 Å². The van der Waals surface area contributed by atoms with Gasteiger partial charge in [-0.25, -0.2) is 4.79 Å². The van der Waals surface area contributed by atoms with Crippen LogP contribution in [0, 0.1) is 0 Å². The molecule has 1 aromatic heterocycles. The number of phosphoric ester groups is 1. The number of nitrogen functional groups attached to an aromatic ring is 1. The van der Waals surface area contributed by atoms with Gasteiger partial charge in [-0.15, -0.1) is 0 Å². The molecular weight excluding hydrogens is 623 g/mol. The van der Waals surface area contributed by atoms with E-state index in [9.17, 15) is 48.4 Å². The smallest absolute Gasteiger partial charge is 0.809 e. The zero-order valence-electron chi connectivity index (χ0n) is 22.0. The Kier molecular flexibility index (Phi) is 14.8. The molecule has 0 spiro atoms. The number of imide groups is 1. The first-order valence-corrected chi connectivity index (χ1v) is 13.7. The number of carbonyl (C=O) groups excluding carboxylic acids is 2. The van der Waals surface area contributed by atoms with Gasteiger partial charge < -0.3 is 49.0 Å². The number of aliphatic hydroxyl groups excluding tert-OH is 2. The Labute approximate surface area is 298 Å². The Hall–Kier alpha value is 0.180. The molecule has 22 heteroatoms. The van der Waals surface area contributed by atoms with Crippen LogP contribution in [0.15, 0.2) is 41.3 Å². The summed E-state index contributed by atoms with van der Waals surface area (Å²) < 4.78 is 39.1. The fraction of sp³-hybridized carbons (Fsp3) is 0.368. The molecule has 2 aliphatic rings. The molecule has 1 aromatic carbocycles. The Bertz CT molecular complexity index is 1390. The molecule has 41 heavy (non-hydrogen) atoms. The van der Waals surface area contributed by atoms with E-state index >= 15 is 0 Å². The minimum atomic E-state index is -5.90. The van der Waals surface area contributed by atoms with E-state index in [0.29, 0.717) is 4.90 Å². The summed E-state index contributed by atoms with van der Waals surface area (Å²) in [6.45, 7) is -2.29. The van der Waals surface area contributed by atoms with E-state index in [2.05, 4.69) is 14.0 Å². The Morgan fingerprint density at radius 2 is 1.56 bits per heavy atom. The van der Waals surface area contributed by atoms with Crippen molar-refractivity contribution in [2.24, 2.45) is 0 Å². The van der Waals surface area contributed by atoms with Crippen molar-refractivity contribution < 1.29 is 146 Å². The summed E-state index contributed by atoms with van der Waals surface area (Å²) in [5, 5.41) is 20.4. The molecule has 0 bridgehead atoms. The summed E-state index contributed by atoms with van der Waals surface area (Å²) in [6, 6.07) is 6.64. The van der Waals surface area contributed by atoms with Gasteiger partial charge in [0, 0.05) is 6.20 Å². The fourth-order valence-corrected chi connectivity index (χ4v) is 5.74. The van der Waals surface area contributed by atoms with Gasteiger partial charge in [-0.3, -0.25) is 23.6 Å². The van der Waals surface area contributed by atoms with Gasteiger partial charge in [-0.1, -0.05) is 12.1 Å². The number of phosphoric acid groups is 1. The van der Waals surface area contributed by atoms with E-state index in [1.165, 1.54) is 30.3 Å². The molecule has 0 aliphatic carbocycles. The molecule has 4 N–H and O–H groups in total. The van der Waals surface area contributed by atoms with E-state index in [-0.39, 0.29) is 106 Å². The van der Waals surface area contributed by atoms with E-state index in [0.717, 1.165) is 10.8 Å². The monoisotopic (exact) mass is 642 g/mol. The van der Waals surface area contributed by atoms with Gasteiger partial charge in [0.1, 0.15) is 30.0 Å². The van der Waals surface area contributed by atoms with Crippen molar-refractivity contribution in [1.29, 1.82) is 0 Å². The molecule has 1 saturated heterocycles. The topological polar surface area (TPSA) is 270 Å². The maximum absolute atomic E-state index is 12.5. The Balaban J connectivity index is 0.00000280. The molecule has 3 heterocycles. The summed E-state index contributed by atoms with van der Waals surface area (Å²) in [7, 11) is -11.6. The summed E-state index contributed by atoms with van der Waals surface area (Å²) in [4.78, 5) is 76.5. The third-order valence-corrected chi connectivity index (χ3v) is 7.80. The number of aliphatic hydroxyl groups is 2. The number of fused-ring (bicyclic) bond motifs is 1. The van der Waals surface area contributed by atoms with E-state index in [4.69, 9.17) is 10.5 Å². The number of benzene rings is 1. The predicted molar refractivity (Wildman–Crippen MR) is 117 cm³/mol. The average Bonchev–Trinajstić information content (AvgIpc) is 3.25. The molecule has 4 rings (SSSR count). The Morgan fingerprint density at radius 3 is 2.07 bits per heavy atom. The number of anilines is 1. The summed E-state index contributed by atoms with van der Waals surface area (Å²) in [6.07, 6.45) is -5.52. The molecule has 2 amide bonds. The molecule has 2 aliphatic heterocycles. The predicted octanol–water partition coefficient (Wildman–Crippen LogP) is -12.5. The van der Waals surface area contributed by atoms with Crippen LogP contribution >= 0.6 is 15.4 Å². The van der Waals surface area contributed by atoms with Crippen LogP contribution in [0.25, 0.3) is 0 Å². The normalized spacial score (nSPS) is 24.0. The van der Waals surface area contributed by atoms with Crippen molar-refractivity contribution in [2.75, 3.05) is 18.9 Å². The molecule has 6 atom stereocenters. The standard InChI is InChI=1S/C19H22N4O13P2.3Na/c20-12-5-6-22(19(28)21-12)18-15(25)14(24)11(35-18)8-34-38(32,33)36-13(37(29,30)31)7-23-16(26)9-3-1-2-4-10(9)17(23)27;;;/h1-6,11,13-15,18,24-25H,7-8H2,(H,32,33)(H2,20,21,28)(H2,29,30,31);;;/q;3*+1/p-3/t11-,13?,14-,15-,18-;;;/m1.../s1. The third kappa shape index (κ3) is 8.89. The number of nitrogens with two attached hydrogens (primary N) is 1. The minimum absolute atomic E-state index is 0. The van der Waals surface area contributed by atoms with Crippen LogP contribution in [0.2, 0.25) is 0 Å². The van der Waals surface area contributed by atoms with Gasteiger partial charge >= 0.3 is 94.4 Å². The largest absolute Gasteiger partial charge is 1.00 e. The van der Waals surface area contributed by atoms with Crippen LogP contribution in [0.5, 0.6) is 0 Å². The molecule has 1 fully saturated rings. The van der Waals surface area contributed by atoms with Crippen LogP contribution in [-0.4, -0.2) is 73.8 Å². The second kappa shape index (κ2) is 15.5. The van der Waals surface area contributed by atoms with Crippen molar-refractivity contribution in [2.45, 2.75) is 30.4 Å². The summed E-state index contributed by atoms with van der Waals surface area (Å²) in [5.74, 6) is -4.80. The first kappa shape index (κ1) is 39.2. The van der Waals surface area contributed by atoms with Crippen molar-refractivity contribution in [1.82, 2.24) is 14.5 Å². The summed E-state index contributed by atoms with van der Waals surface area (Å²) >= 11 is 0. The molecule has 17 nitrogen and oxygen atoms in total. The average molecular weight is 642 g/mol. The van der Waals surface area contributed by atoms with Gasteiger partial charge in [0.2, 0.25) is 0 Å². The molecule has 2 aromatic rings. The SMILES string of the molecule is Nc1ccn([C@@H]2O[C@H](COP(=O)([O-])OC(CN3C(=O)c4ccccc4C3=O)P(=O)([O-])[O-])[C@@H](O)[C@H]2O)c(=O)n1.[Na+].[Na+].[Na+]. The number of rotatable bonds is 9. The maximum atomic E-state index is 12.5. The van der Waals surface area contributed by atoms with Crippen LogP contribution < -0.4 is 115 Å². The number of amides is 2. The van der Waals surface area contributed by atoms with Crippen LogP contribution in [-0.2, 0) is 22.9 Å². The van der Waals surface area contributed by atoms with Crippen molar-refractivity contribution in [3.8, 4) is 0 Å². The molecule has 0 radical (unpaired) electrons. The zero-order valence-corrected chi connectivity index (χ0v) is 29.8. The second-order valence-corrected chi connectivity index (χ2v) is 11.2. The first-order chi connectivity index (χ1) is 17.7. The quantitative estimate of drug-likeness (QED) is 0.130. The van der Waals surface area contributed by atoms with E-state index in [1.807, 2.05) is 0 Å². The minimum Gasteiger partial charge on any atom is -0.809 e. The van der Waals surface area contributed by atoms with E-state index in [1.54, 1.807) is 0 Å². The van der Waals surface area contributed by atoms with Crippen LogP contribution in [0.1, 0.15) is 26.9 Å². The Morgan fingerprint density at radius 1 is 1.00 bits per heavy atom. The number of nitrogens with zero attached hydrogens (tertiary/aromatic N) is 3. The number of hydrogen-bond donors (Lipinski definition) is 3. The van der Waals surface area contributed by atoms with Crippen molar-refractivity contribution in [3.05, 3.63) is 58.1 Å². The molecule has 2 unspecified atom stereocenters. The first-order valence-electron chi connectivity index (χ1n) is 10.7. The maximum Gasteiger partial charge on any atom is 1.00 e. The van der Waals surface area contributed by atoms with Crippen LogP contribution in [0.4, 0.5) is 5.82 Å². The third-order valence-electron chi connectivity index (χ3n) is 5.68. The van der Waals surface area contributed by atoms with Gasteiger partial charge in [0.25, 0.3) is 19.6 Å². The second-order valence-electron chi connectivity index (χ2n) is 8.20. The fourth-order valence-electron chi connectivity index (χ4n) is 3.81. The number of carbonyl (C=O) groups is 2. The number of hydrogen-bond acceptors (Lipinski definition) is 15. The van der Waals surface area contributed by atoms with Gasteiger partial charge in [0.05, 0.1) is 24.3 Å². The van der Waals surface area contributed by atoms with Gasteiger partial charge in [-0.05, 0) is 25.8 Å². The van der Waals surface area contributed by atoms with Crippen molar-refractivity contribution in [3.63, 3.8) is 0 Å². The zero-order chi connectivity index (χ0) is 28.0. The molecule has 0 saturated carbocycles. The number of aromatic nitrogens is 2. The van der Waals surface area contributed by atoms with Crippen LogP contribution in [0.3, 0.4) is 0 Å². The summed E-state index contributed by atoms with van der Waals surface area (Å²) in [5.41, 5.74) is 4.28.